The molecule has 0 amide bonds. The van der Waals surface area contributed by atoms with E-state index in [2.05, 4.69) is 9.47 Å². The third-order valence-corrected chi connectivity index (χ3v) is 1.14. The number of halogens is 7. The summed E-state index contributed by atoms with van der Waals surface area (Å²) in [6, 6.07) is -2.42. The molecule has 0 aliphatic carbocycles. The number of hydrogen-bond donors (Lipinski definition) is 0. The Morgan fingerprint density at radius 2 is 1.43 bits per heavy atom. The summed E-state index contributed by atoms with van der Waals surface area (Å²) in [6.45, 7) is 0. The van der Waals surface area contributed by atoms with E-state index in [1.54, 1.807) is 0 Å². The number of ether oxygens (including phenoxy) is 2. The molecule has 0 aromatic carbocycles. The van der Waals surface area contributed by atoms with Crippen LogP contribution in [0.15, 0.2) is 11.8 Å². The number of alkyl halides is 6. The van der Waals surface area contributed by atoms with Crippen molar-refractivity contribution in [1.29, 1.82) is 0 Å². The van der Waals surface area contributed by atoms with Gasteiger partial charge < -0.3 is 9.47 Å². The van der Waals surface area contributed by atoms with E-state index in [9.17, 15) is 30.7 Å². The third-order valence-electron chi connectivity index (χ3n) is 1.14. The normalized spacial score (nSPS) is 23.5. The SMILES string of the molecule is FC1=C(C(F)(F)F)OC(C(F)(F)F)O1. The first kappa shape index (κ1) is 10.9. The predicted octanol–water partition coefficient (Wildman–Crippen LogP) is 2.62. The largest absolute Gasteiger partial charge is 0.464 e. The molecule has 0 bridgehead atoms. The van der Waals surface area contributed by atoms with Gasteiger partial charge in [-0.2, -0.15) is 30.7 Å². The van der Waals surface area contributed by atoms with Gasteiger partial charge in [-0.3, -0.25) is 0 Å². The van der Waals surface area contributed by atoms with Crippen LogP contribution in [0.3, 0.4) is 0 Å². The third kappa shape index (κ3) is 2.02. The molecule has 0 N–H and O–H groups in total. The first-order valence-corrected chi connectivity index (χ1v) is 2.99. The Balaban J connectivity index is 2.80. The Morgan fingerprint density at radius 1 is 0.929 bits per heavy atom. The van der Waals surface area contributed by atoms with Crippen LogP contribution in [0, 0.1) is 0 Å². The summed E-state index contributed by atoms with van der Waals surface area (Å²) in [4.78, 5) is 0. The summed E-state index contributed by atoms with van der Waals surface area (Å²) in [5.74, 6) is -2.40. The molecule has 0 fully saturated rings. The summed E-state index contributed by atoms with van der Waals surface area (Å²) in [7, 11) is 0. The van der Waals surface area contributed by atoms with Gasteiger partial charge in [-0.05, 0) is 0 Å². The lowest BCUT2D eigenvalue weighted by Crippen LogP contribution is -2.31. The smallest absolute Gasteiger partial charge is 0.436 e. The van der Waals surface area contributed by atoms with E-state index in [4.69, 9.17) is 0 Å². The Morgan fingerprint density at radius 3 is 1.64 bits per heavy atom. The van der Waals surface area contributed by atoms with Crippen LogP contribution in [-0.4, -0.2) is 18.6 Å². The van der Waals surface area contributed by atoms with Gasteiger partial charge in [0.25, 0.3) is 5.76 Å². The molecule has 1 heterocycles. The molecule has 0 saturated carbocycles. The van der Waals surface area contributed by atoms with Crippen LogP contribution < -0.4 is 0 Å². The number of hydrogen-bond acceptors (Lipinski definition) is 2. The predicted molar refractivity (Wildman–Crippen MR) is 26.2 cm³/mol. The van der Waals surface area contributed by atoms with E-state index in [-0.39, 0.29) is 0 Å². The standard InChI is InChI=1S/C5HF7O2/c6-2-1(4(7,8)9)13-3(14-2)5(10,11)12/h3H. The molecule has 0 aromatic rings. The van der Waals surface area contributed by atoms with Crippen LogP contribution in [0.5, 0.6) is 0 Å². The van der Waals surface area contributed by atoms with E-state index in [0.717, 1.165) is 0 Å². The van der Waals surface area contributed by atoms with E-state index in [1.165, 1.54) is 0 Å². The first-order valence-electron chi connectivity index (χ1n) is 2.99. The molecule has 9 heteroatoms. The van der Waals surface area contributed by atoms with Crippen molar-refractivity contribution < 1.29 is 40.2 Å². The number of allylic oxidation sites excluding steroid dienone is 1. The van der Waals surface area contributed by atoms with Crippen LogP contribution in [0.25, 0.3) is 0 Å². The zero-order chi connectivity index (χ0) is 11.1. The molecule has 1 rings (SSSR count). The highest BCUT2D eigenvalue weighted by atomic mass is 19.4. The fourth-order valence-corrected chi connectivity index (χ4v) is 0.637. The van der Waals surface area contributed by atoms with Gasteiger partial charge in [0.1, 0.15) is 0 Å². The molecule has 82 valence electrons. The minimum Gasteiger partial charge on any atom is -0.436 e. The van der Waals surface area contributed by atoms with Crippen LogP contribution in [0.2, 0.25) is 0 Å². The highest BCUT2D eigenvalue weighted by Gasteiger charge is 2.55. The van der Waals surface area contributed by atoms with E-state index < -0.39 is 30.4 Å². The first-order chi connectivity index (χ1) is 6.12. The van der Waals surface area contributed by atoms with Crippen molar-refractivity contribution in [2.45, 2.75) is 18.6 Å². The highest BCUT2D eigenvalue weighted by molar-refractivity contribution is 5.06. The van der Waals surface area contributed by atoms with Gasteiger partial charge in [0.05, 0.1) is 0 Å². The number of rotatable bonds is 0. The zero-order valence-corrected chi connectivity index (χ0v) is 6.04. The highest BCUT2D eigenvalue weighted by Crippen LogP contribution is 2.40. The topological polar surface area (TPSA) is 18.5 Å². The molecule has 1 aliphatic rings. The van der Waals surface area contributed by atoms with Crippen molar-refractivity contribution in [3.63, 3.8) is 0 Å². The Kier molecular flexibility index (Phi) is 2.28. The van der Waals surface area contributed by atoms with Gasteiger partial charge in [-0.15, -0.1) is 0 Å². The lowest BCUT2D eigenvalue weighted by atomic mass is 10.5. The quantitative estimate of drug-likeness (QED) is 0.591. The van der Waals surface area contributed by atoms with E-state index in [1.807, 2.05) is 0 Å². The summed E-state index contributed by atoms with van der Waals surface area (Å²) >= 11 is 0. The second-order valence-corrected chi connectivity index (χ2v) is 2.21. The van der Waals surface area contributed by atoms with Crippen molar-refractivity contribution in [3.05, 3.63) is 11.8 Å². The van der Waals surface area contributed by atoms with Crippen LogP contribution in [0.4, 0.5) is 30.7 Å². The molecule has 1 atom stereocenters. The minimum atomic E-state index is -5.34. The van der Waals surface area contributed by atoms with Crippen LogP contribution >= 0.6 is 0 Å². The van der Waals surface area contributed by atoms with Gasteiger partial charge >= 0.3 is 24.7 Å². The summed E-state index contributed by atoms with van der Waals surface area (Å²) < 4.78 is 88.8. The van der Waals surface area contributed by atoms with Gasteiger partial charge in [-0.25, -0.2) is 0 Å². The summed E-state index contributed by atoms with van der Waals surface area (Å²) in [6.07, 6.45) is -13.8. The molecule has 1 aliphatic heterocycles. The van der Waals surface area contributed by atoms with Crippen molar-refractivity contribution in [2.75, 3.05) is 0 Å². The summed E-state index contributed by atoms with van der Waals surface area (Å²) in [5.41, 5.74) is 0. The van der Waals surface area contributed by atoms with Gasteiger partial charge in [-0.1, -0.05) is 0 Å². The van der Waals surface area contributed by atoms with E-state index in [0.29, 0.717) is 0 Å². The average molecular weight is 226 g/mol. The maximum absolute atomic E-state index is 12.2. The molecule has 0 radical (unpaired) electrons. The monoisotopic (exact) mass is 226 g/mol. The minimum absolute atomic E-state index is 2.40. The Bertz CT molecular complexity index is 262. The van der Waals surface area contributed by atoms with Crippen LogP contribution in [-0.2, 0) is 9.47 Å². The Labute approximate surface area is 71.9 Å². The molecule has 0 spiro atoms. The van der Waals surface area contributed by atoms with Crippen molar-refractivity contribution >= 4 is 0 Å². The molecular formula is C5HF7O2. The fraction of sp³-hybridized carbons (Fsp3) is 0.600. The Hall–Kier alpha value is -1.15. The van der Waals surface area contributed by atoms with Gasteiger partial charge in [0.2, 0.25) is 0 Å². The summed E-state index contributed by atoms with van der Waals surface area (Å²) in [5, 5.41) is 0. The maximum atomic E-state index is 12.2. The van der Waals surface area contributed by atoms with Crippen molar-refractivity contribution in [1.82, 2.24) is 0 Å². The van der Waals surface area contributed by atoms with Gasteiger partial charge in [0.15, 0.2) is 0 Å². The fourth-order valence-electron chi connectivity index (χ4n) is 0.637. The second-order valence-electron chi connectivity index (χ2n) is 2.21. The molecule has 0 saturated heterocycles. The molecule has 0 aromatic heterocycles. The van der Waals surface area contributed by atoms with E-state index >= 15 is 0 Å². The molecule has 2 nitrogen and oxygen atoms in total. The zero-order valence-electron chi connectivity index (χ0n) is 6.04. The van der Waals surface area contributed by atoms with Crippen LogP contribution in [0.1, 0.15) is 0 Å². The molecule has 14 heavy (non-hydrogen) atoms. The molecule has 1 unspecified atom stereocenters. The lowest BCUT2D eigenvalue weighted by Gasteiger charge is -2.14. The lowest BCUT2D eigenvalue weighted by molar-refractivity contribution is -0.281. The average Bonchev–Trinajstić information content (AvgIpc) is 2.27. The van der Waals surface area contributed by atoms with Gasteiger partial charge in [0, 0.05) is 0 Å². The van der Waals surface area contributed by atoms with Crippen molar-refractivity contribution in [2.24, 2.45) is 0 Å². The van der Waals surface area contributed by atoms with Crippen molar-refractivity contribution in [3.8, 4) is 0 Å². The maximum Gasteiger partial charge on any atom is 0.464 e. The molecular weight excluding hydrogens is 225 g/mol. The second kappa shape index (κ2) is 2.92.